The molecule has 126 valence electrons. The Hall–Kier alpha value is -2.75. The van der Waals surface area contributed by atoms with Crippen molar-refractivity contribution in [1.29, 1.82) is 0 Å². The first-order valence-electron chi connectivity index (χ1n) is 7.90. The van der Waals surface area contributed by atoms with Crippen molar-refractivity contribution in [3.8, 4) is 11.5 Å². The second kappa shape index (κ2) is 8.77. The van der Waals surface area contributed by atoms with E-state index in [4.69, 9.17) is 9.47 Å². The zero-order valence-electron chi connectivity index (χ0n) is 14.3. The van der Waals surface area contributed by atoms with Crippen LogP contribution in [0.1, 0.15) is 18.1 Å². The number of carbonyl (C=O) groups is 1. The molecule has 0 radical (unpaired) electrons. The average molecular weight is 325 g/mol. The van der Waals surface area contributed by atoms with Gasteiger partial charge in [0.25, 0.3) is 0 Å². The van der Waals surface area contributed by atoms with Gasteiger partial charge in [0.2, 0.25) is 5.91 Å². The van der Waals surface area contributed by atoms with E-state index in [0.29, 0.717) is 6.61 Å². The highest BCUT2D eigenvalue weighted by atomic mass is 16.5. The van der Waals surface area contributed by atoms with E-state index in [1.54, 1.807) is 13.2 Å². The zero-order valence-corrected chi connectivity index (χ0v) is 14.3. The van der Waals surface area contributed by atoms with Gasteiger partial charge in [-0.1, -0.05) is 36.4 Å². The Kier molecular flexibility index (Phi) is 6.43. The molecule has 1 atom stereocenters. The number of aryl methyl sites for hydroxylation is 1. The fourth-order valence-electron chi connectivity index (χ4n) is 2.24. The van der Waals surface area contributed by atoms with Gasteiger partial charge in [0, 0.05) is 11.6 Å². The van der Waals surface area contributed by atoms with Crippen LogP contribution in [0, 0.1) is 6.92 Å². The number of amides is 1. The highest BCUT2D eigenvalue weighted by molar-refractivity contribution is 5.92. The van der Waals surface area contributed by atoms with Crippen molar-refractivity contribution in [3.05, 3.63) is 65.7 Å². The molecule has 0 aliphatic rings. The van der Waals surface area contributed by atoms with Crippen LogP contribution in [0.4, 0.5) is 0 Å². The second-order valence-corrected chi connectivity index (χ2v) is 5.56. The minimum absolute atomic E-state index is 0.0978. The molecule has 0 heterocycles. The Morgan fingerprint density at radius 2 is 1.79 bits per heavy atom. The molecule has 1 amide bonds. The Bertz CT molecular complexity index is 710. The van der Waals surface area contributed by atoms with Crippen molar-refractivity contribution in [3.63, 3.8) is 0 Å². The number of rotatable bonds is 7. The van der Waals surface area contributed by atoms with Gasteiger partial charge in [-0.2, -0.15) is 0 Å². The first-order valence-corrected chi connectivity index (χ1v) is 7.90. The van der Waals surface area contributed by atoms with Crippen molar-refractivity contribution >= 4 is 12.0 Å². The maximum Gasteiger partial charge on any atom is 0.244 e. The number of ether oxygens (including phenoxy) is 2. The van der Waals surface area contributed by atoms with Gasteiger partial charge >= 0.3 is 0 Å². The third-order valence-corrected chi connectivity index (χ3v) is 3.52. The minimum atomic E-state index is -0.165. The predicted molar refractivity (Wildman–Crippen MR) is 96.3 cm³/mol. The third kappa shape index (κ3) is 5.16. The standard InChI is InChI=1S/C20H23NO3/c1-15-8-4-6-10-18(15)24-14-16(2)21-20(22)13-12-17-9-5-7-11-19(17)23-3/h4-13,16H,14H2,1-3H3,(H,21,22)/b13-12+. The van der Waals surface area contributed by atoms with E-state index < -0.39 is 0 Å². The van der Waals surface area contributed by atoms with Crippen molar-refractivity contribution in [2.24, 2.45) is 0 Å². The van der Waals surface area contributed by atoms with Crippen molar-refractivity contribution in [2.45, 2.75) is 19.9 Å². The molecule has 2 aromatic rings. The summed E-state index contributed by atoms with van der Waals surface area (Å²) < 4.78 is 11.0. The maximum absolute atomic E-state index is 12.0. The molecule has 0 spiro atoms. The monoisotopic (exact) mass is 325 g/mol. The summed E-state index contributed by atoms with van der Waals surface area (Å²) in [6.45, 7) is 4.32. The van der Waals surface area contributed by atoms with Crippen LogP contribution >= 0.6 is 0 Å². The third-order valence-electron chi connectivity index (χ3n) is 3.52. The van der Waals surface area contributed by atoms with Crippen LogP contribution < -0.4 is 14.8 Å². The normalized spacial score (nSPS) is 12.0. The minimum Gasteiger partial charge on any atom is -0.496 e. The summed E-state index contributed by atoms with van der Waals surface area (Å²) in [5.74, 6) is 1.41. The van der Waals surface area contributed by atoms with E-state index in [-0.39, 0.29) is 11.9 Å². The Balaban J connectivity index is 1.85. The van der Waals surface area contributed by atoms with Crippen LogP contribution in [0.15, 0.2) is 54.6 Å². The van der Waals surface area contributed by atoms with E-state index in [1.807, 2.05) is 62.4 Å². The number of hydrogen-bond acceptors (Lipinski definition) is 3. The summed E-state index contributed by atoms with van der Waals surface area (Å²) in [7, 11) is 1.61. The van der Waals surface area contributed by atoms with Crippen LogP contribution in [0.2, 0.25) is 0 Å². The molecule has 4 nitrogen and oxygen atoms in total. The van der Waals surface area contributed by atoms with Gasteiger partial charge in [0.1, 0.15) is 18.1 Å². The van der Waals surface area contributed by atoms with Crippen molar-refractivity contribution in [2.75, 3.05) is 13.7 Å². The van der Waals surface area contributed by atoms with E-state index >= 15 is 0 Å². The molecule has 0 aromatic heterocycles. The molecule has 2 aromatic carbocycles. The average Bonchev–Trinajstić information content (AvgIpc) is 2.59. The number of para-hydroxylation sites is 2. The van der Waals surface area contributed by atoms with Crippen LogP contribution in [-0.2, 0) is 4.79 Å². The number of hydrogen-bond donors (Lipinski definition) is 1. The first-order chi connectivity index (χ1) is 11.6. The lowest BCUT2D eigenvalue weighted by Gasteiger charge is -2.15. The van der Waals surface area contributed by atoms with Gasteiger partial charge in [-0.05, 0) is 37.6 Å². The number of methoxy groups -OCH3 is 1. The van der Waals surface area contributed by atoms with E-state index in [2.05, 4.69) is 5.32 Å². The van der Waals surface area contributed by atoms with Crippen LogP contribution in [0.5, 0.6) is 11.5 Å². The Morgan fingerprint density at radius 1 is 1.12 bits per heavy atom. The summed E-state index contributed by atoms with van der Waals surface area (Å²) in [5.41, 5.74) is 1.94. The summed E-state index contributed by atoms with van der Waals surface area (Å²) in [4.78, 5) is 12.0. The van der Waals surface area contributed by atoms with Gasteiger partial charge in [-0.3, -0.25) is 4.79 Å². The highest BCUT2D eigenvalue weighted by Crippen LogP contribution is 2.18. The molecule has 24 heavy (non-hydrogen) atoms. The number of benzene rings is 2. The van der Waals surface area contributed by atoms with Crippen molar-refractivity contribution < 1.29 is 14.3 Å². The molecule has 0 saturated heterocycles. The Morgan fingerprint density at radius 3 is 2.50 bits per heavy atom. The molecule has 0 saturated carbocycles. The fraction of sp³-hybridized carbons (Fsp3) is 0.250. The summed E-state index contributed by atoms with van der Waals surface area (Å²) in [6, 6.07) is 15.3. The number of nitrogens with one attached hydrogen (secondary N) is 1. The topological polar surface area (TPSA) is 47.6 Å². The fourth-order valence-corrected chi connectivity index (χ4v) is 2.24. The zero-order chi connectivity index (χ0) is 17.4. The smallest absolute Gasteiger partial charge is 0.244 e. The molecule has 0 aliphatic carbocycles. The maximum atomic E-state index is 12.0. The van der Waals surface area contributed by atoms with E-state index in [0.717, 1.165) is 22.6 Å². The predicted octanol–water partition coefficient (Wildman–Crippen LogP) is 3.60. The molecule has 2 rings (SSSR count). The second-order valence-electron chi connectivity index (χ2n) is 5.56. The molecule has 0 bridgehead atoms. The van der Waals surface area contributed by atoms with Gasteiger partial charge in [-0.15, -0.1) is 0 Å². The summed E-state index contributed by atoms with van der Waals surface area (Å²) in [5, 5.41) is 2.89. The van der Waals surface area contributed by atoms with Crippen molar-refractivity contribution in [1.82, 2.24) is 5.32 Å². The quantitative estimate of drug-likeness (QED) is 0.791. The largest absolute Gasteiger partial charge is 0.496 e. The van der Waals surface area contributed by atoms with Crippen LogP contribution in [-0.4, -0.2) is 25.7 Å². The molecule has 4 heteroatoms. The molecule has 0 aliphatic heterocycles. The van der Waals surface area contributed by atoms with E-state index in [9.17, 15) is 4.79 Å². The SMILES string of the molecule is COc1ccccc1/C=C/C(=O)NC(C)COc1ccccc1C. The van der Waals surface area contributed by atoms with Gasteiger partial charge < -0.3 is 14.8 Å². The highest BCUT2D eigenvalue weighted by Gasteiger charge is 2.07. The lowest BCUT2D eigenvalue weighted by atomic mass is 10.2. The molecular weight excluding hydrogens is 302 g/mol. The number of carbonyl (C=O) groups excluding carboxylic acids is 1. The first kappa shape index (κ1) is 17.6. The lowest BCUT2D eigenvalue weighted by molar-refractivity contribution is -0.117. The van der Waals surface area contributed by atoms with Gasteiger partial charge in [0.05, 0.1) is 13.2 Å². The van der Waals surface area contributed by atoms with Crippen LogP contribution in [0.3, 0.4) is 0 Å². The van der Waals surface area contributed by atoms with Crippen LogP contribution in [0.25, 0.3) is 6.08 Å². The van der Waals surface area contributed by atoms with Gasteiger partial charge in [0.15, 0.2) is 0 Å². The molecular formula is C20H23NO3. The molecule has 1 unspecified atom stereocenters. The van der Waals surface area contributed by atoms with E-state index in [1.165, 1.54) is 6.08 Å². The lowest BCUT2D eigenvalue weighted by Crippen LogP contribution is -2.35. The summed E-state index contributed by atoms with van der Waals surface area (Å²) >= 11 is 0. The molecule has 1 N–H and O–H groups in total. The molecule has 0 fully saturated rings. The Labute approximate surface area is 143 Å². The summed E-state index contributed by atoms with van der Waals surface area (Å²) in [6.07, 6.45) is 3.24. The van der Waals surface area contributed by atoms with Gasteiger partial charge in [-0.25, -0.2) is 0 Å².